The maximum Gasteiger partial charge on any atom is 0.255 e. The van der Waals surface area contributed by atoms with Gasteiger partial charge in [-0.3, -0.25) is 4.79 Å². The lowest BCUT2D eigenvalue weighted by Gasteiger charge is -2.15. The third kappa shape index (κ3) is 11.1. The highest BCUT2D eigenvalue weighted by atomic mass is 32.2. The number of thioether (sulfide) groups is 1. The van der Waals surface area contributed by atoms with Gasteiger partial charge in [0.25, 0.3) is 5.91 Å². The number of rotatable bonds is 18. The van der Waals surface area contributed by atoms with E-state index in [0.29, 0.717) is 5.56 Å². The average Bonchev–Trinajstić information content (AvgIpc) is 3.40. The summed E-state index contributed by atoms with van der Waals surface area (Å²) in [5.74, 6) is 1.67. The minimum Gasteiger partial charge on any atom is -0.494 e. The van der Waals surface area contributed by atoms with Crippen molar-refractivity contribution >= 4 is 23.4 Å². The number of hydrogen-bond acceptors (Lipinski definition) is 4. The van der Waals surface area contributed by atoms with Gasteiger partial charge in [-0.1, -0.05) is 95.8 Å². The van der Waals surface area contributed by atoms with Crippen LogP contribution in [0, 0.1) is 0 Å². The third-order valence-corrected chi connectivity index (χ3v) is 7.34. The van der Waals surface area contributed by atoms with Crippen LogP contribution in [0.4, 0.5) is 5.69 Å². The molecule has 5 heteroatoms. The lowest BCUT2D eigenvalue weighted by molar-refractivity contribution is 0.102. The maximum atomic E-state index is 12.8. The van der Waals surface area contributed by atoms with Crippen LogP contribution in [-0.4, -0.2) is 23.3 Å². The molecular weight excluding hydrogens is 464 g/mol. The van der Waals surface area contributed by atoms with E-state index in [1.54, 1.807) is 11.8 Å². The van der Waals surface area contributed by atoms with E-state index >= 15 is 0 Å². The zero-order chi connectivity index (χ0) is 25.3. The molecule has 0 aliphatic carbocycles. The van der Waals surface area contributed by atoms with Crippen molar-refractivity contribution in [3.05, 3.63) is 71.3 Å². The van der Waals surface area contributed by atoms with Crippen LogP contribution in [0.25, 0.3) is 0 Å². The van der Waals surface area contributed by atoms with Crippen LogP contribution in [0.2, 0.25) is 0 Å². The summed E-state index contributed by atoms with van der Waals surface area (Å²) in [7, 11) is 0. The number of carbonyl (C=O) groups excluding carboxylic acids is 1. The molecule has 0 saturated heterocycles. The molecule has 0 bridgehead atoms. The van der Waals surface area contributed by atoms with Crippen molar-refractivity contribution in [3.8, 4) is 5.75 Å². The van der Waals surface area contributed by atoms with Gasteiger partial charge >= 0.3 is 0 Å². The summed E-state index contributed by atoms with van der Waals surface area (Å²) in [5, 5.41) is 5.12. The van der Waals surface area contributed by atoms with Crippen LogP contribution in [-0.2, 0) is 6.54 Å². The number of amides is 1. The Balaban J connectivity index is 1.29. The molecule has 0 radical (unpaired) electrons. The molecule has 0 saturated carbocycles. The van der Waals surface area contributed by atoms with E-state index in [2.05, 4.69) is 34.8 Å². The molecule has 0 unspecified atom stereocenters. The van der Waals surface area contributed by atoms with E-state index in [9.17, 15) is 4.79 Å². The molecule has 2 aromatic rings. The second-order valence-electron chi connectivity index (χ2n) is 9.75. The van der Waals surface area contributed by atoms with Crippen LogP contribution >= 0.6 is 11.8 Å². The molecule has 4 nitrogen and oxygen atoms in total. The molecule has 1 aliphatic rings. The number of ether oxygens (including phenoxy) is 1. The van der Waals surface area contributed by atoms with Gasteiger partial charge in [0.05, 0.1) is 12.5 Å². The van der Waals surface area contributed by atoms with Crippen LogP contribution < -0.4 is 10.1 Å². The minimum atomic E-state index is -0.0960. The summed E-state index contributed by atoms with van der Waals surface area (Å²) in [5.41, 5.74) is 2.57. The summed E-state index contributed by atoms with van der Waals surface area (Å²) in [6, 6.07) is 15.6. The van der Waals surface area contributed by atoms with Crippen molar-refractivity contribution in [2.45, 2.75) is 90.5 Å². The molecule has 0 fully saturated rings. The number of unbranched alkanes of at least 4 members (excludes halogenated alkanes) is 11. The molecule has 196 valence electrons. The predicted molar refractivity (Wildman–Crippen MR) is 155 cm³/mol. The Kier molecular flexibility index (Phi) is 13.4. The van der Waals surface area contributed by atoms with E-state index in [-0.39, 0.29) is 5.91 Å². The topological polar surface area (TPSA) is 41.6 Å². The predicted octanol–water partition coefficient (Wildman–Crippen LogP) is 9.00. The summed E-state index contributed by atoms with van der Waals surface area (Å²) in [6.45, 7) is 3.81. The van der Waals surface area contributed by atoms with Crippen LogP contribution in [0.1, 0.15) is 99.9 Å². The second kappa shape index (κ2) is 17.1. The first-order chi connectivity index (χ1) is 17.7. The van der Waals surface area contributed by atoms with E-state index in [1.807, 2.05) is 42.5 Å². The Hall–Kier alpha value is -2.40. The van der Waals surface area contributed by atoms with E-state index in [1.165, 1.54) is 70.6 Å². The van der Waals surface area contributed by atoms with Crippen LogP contribution in [0.5, 0.6) is 5.75 Å². The van der Waals surface area contributed by atoms with Gasteiger partial charge in [0, 0.05) is 30.1 Å². The number of hydrogen-bond donors (Lipinski definition) is 1. The van der Waals surface area contributed by atoms with Gasteiger partial charge < -0.3 is 15.0 Å². The molecule has 0 spiro atoms. The Labute approximate surface area is 222 Å². The molecule has 0 aromatic heterocycles. The minimum absolute atomic E-state index is 0.0960. The fraction of sp³-hybridized carbons (Fsp3) is 0.516. The van der Waals surface area contributed by atoms with Crippen LogP contribution in [0.15, 0.2) is 60.1 Å². The first-order valence-corrected chi connectivity index (χ1v) is 14.9. The zero-order valence-corrected chi connectivity index (χ0v) is 22.9. The number of benzene rings is 2. The molecule has 36 heavy (non-hydrogen) atoms. The summed E-state index contributed by atoms with van der Waals surface area (Å²) in [6.07, 6.45) is 18.1. The number of anilines is 1. The van der Waals surface area contributed by atoms with E-state index < -0.39 is 0 Å². The highest BCUT2D eigenvalue weighted by Gasteiger charge is 2.10. The highest BCUT2D eigenvalue weighted by molar-refractivity contribution is 8.02. The maximum absolute atomic E-state index is 12.8. The summed E-state index contributed by atoms with van der Waals surface area (Å²) < 4.78 is 5.95. The van der Waals surface area contributed by atoms with Crippen molar-refractivity contribution in [2.24, 2.45) is 0 Å². The van der Waals surface area contributed by atoms with Crippen molar-refractivity contribution in [1.82, 2.24) is 4.90 Å². The lowest BCUT2D eigenvalue weighted by Crippen LogP contribution is -2.15. The Morgan fingerprint density at radius 2 is 1.58 bits per heavy atom. The van der Waals surface area contributed by atoms with Crippen LogP contribution in [0.3, 0.4) is 0 Å². The van der Waals surface area contributed by atoms with E-state index in [4.69, 9.17) is 4.74 Å². The Bertz CT molecular complexity index is 930. The average molecular weight is 509 g/mol. The summed E-state index contributed by atoms with van der Waals surface area (Å²) in [4.78, 5) is 15.1. The molecular formula is C31H44N2O2S. The van der Waals surface area contributed by atoms with Gasteiger partial charge in [0.2, 0.25) is 0 Å². The fourth-order valence-corrected chi connectivity index (χ4v) is 5.17. The largest absolute Gasteiger partial charge is 0.494 e. The molecule has 1 N–H and O–H groups in total. The first-order valence-electron chi connectivity index (χ1n) is 13.9. The fourth-order valence-electron chi connectivity index (χ4n) is 4.45. The molecule has 1 amide bonds. The number of nitrogens with zero attached hydrogens (tertiary/aromatic N) is 1. The standard InChI is InChI=1S/C31H44N2O2S/c1-2-3-4-5-6-7-8-9-10-11-12-13-21-35-30-19-15-18-29(24-30)32-31(34)28-17-14-16-27(23-28)25-33-20-22-36-26-33/h14-20,22-24H,2-13,21,25-26H2,1H3,(H,32,34). The second-order valence-corrected chi connectivity index (χ2v) is 10.6. The van der Waals surface area contributed by atoms with Crippen molar-refractivity contribution in [2.75, 3.05) is 17.8 Å². The smallest absolute Gasteiger partial charge is 0.255 e. The highest BCUT2D eigenvalue weighted by Crippen LogP contribution is 2.21. The lowest BCUT2D eigenvalue weighted by atomic mass is 10.1. The molecule has 3 rings (SSSR count). The van der Waals surface area contributed by atoms with Crippen molar-refractivity contribution in [3.63, 3.8) is 0 Å². The molecule has 0 atom stereocenters. The van der Waals surface area contributed by atoms with Gasteiger partial charge in [0.1, 0.15) is 5.75 Å². The monoisotopic (exact) mass is 508 g/mol. The SMILES string of the molecule is CCCCCCCCCCCCCCOc1cccc(NC(=O)c2cccc(CN3C=CSC3)c2)c1. The quantitative estimate of drug-likeness (QED) is 0.204. The van der Waals surface area contributed by atoms with Crippen molar-refractivity contribution in [1.29, 1.82) is 0 Å². The molecule has 1 heterocycles. The number of nitrogens with one attached hydrogen (secondary N) is 1. The first kappa shape index (κ1) is 28.2. The Morgan fingerprint density at radius 3 is 2.28 bits per heavy atom. The van der Waals surface area contributed by atoms with Gasteiger partial charge in [-0.15, -0.1) is 11.8 Å². The third-order valence-electron chi connectivity index (χ3n) is 6.54. The summed E-state index contributed by atoms with van der Waals surface area (Å²) >= 11 is 1.78. The molecule has 1 aliphatic heterocycles. The van der Waals surface area contributed by atoms with Gasteiger partial charge in [-0.2, -0.15) is 0 Å². The number of carbonyl (C=O) groups is 1. The normalized spacial score (nSPS) is 12.8. The Morgan fingerprint density at radius 1 is 0.889 bits per heavy atom. The van der Waals surface area contributed by atoms with Gasteiger partial charge in [-0.05, 0) is 41.7 Å². The van der Waals surface area contributed by atoms with Crippen molar-refractivity contribution < 1.29 is 9.53 Å². The van der Waals surface area contributed by atoms with Gasteiger partial charge in [-0.25, -0.2) is 0 Å². The van der Waals surface area contributed by atoms with E-state index in [0.717, 1.165) is 42.4 Å². The zero-order valence-electron chi connectivity index (χ0n) is 22.1. The molecule has 2 aromatic carbocycles. The van der Waals surface area contributed by atoms with Gasteiger partial charge in [0.15, 0.2) is 0 Å².